The van der Waals surface area contributed by atoms with Crippen LogP contribution >= 0.6 is 27.7 Å². The van der Waals surface area contributed by atoms with E-state index >= 15 is 0 Å². The number of aryl methyl sites for hydroxylation is 1. The van der Waals surface area contributed by atoms with Gasteiger partial charge >= 0.3 is 0 Å². The summed E-state index contributed by atoms with van der Waals surface area (Å²) in [6.07, 6.45) is -0.601. The monoisotopic (exact) mass is 529 g/mol. The number of hydrogen-bond donors (Lipinski definition) is 2. The van der Waals surface area contributed by atoms with E-state index in [1.807, 2.05) is 91.9 Å². The fourth-order valence-electron chi connectivity index (χ4n) is 3.49. The van der Waals surface area contributed by atoms with Crippen LogP contribution in [0.2, 0.25) is 0 Å². The number of pyridine rings is 1. The molecule has 4 nitrogen and oxygen atoms in total. The molecule has 0 saturated heterocycles. The van der Waals surface area contributed by atoms with Gasteiger partial charge in [0.2, 0.25) is 0 Å². The summed E-state index contributed by atoms with van der Waals surface area (Å²) in [5.41, 5.74) is 6.24. The molecule has 1 heterocycles. The van der Waals surface area contributed by atoms with E-state index in [1.54, 1.807) is 0 Å². The van der Waals surface area contributed by atoms with Gasteiger partial charge in [-0.15, -0.1) is 11.8 Å². The number of hydrogen-bond acceptors (Lipinski definition) is 5. The largest absolute Gasteiger partial charge is 0.390 e. The molecule has 0 saturated carbocycles. The number of nitrogens with one attached hydrogen (secondary N) is 1. The first kappa shape index (κ1) is 24.0. The van der Waals surface area contributed by atoms with Crippen molar-refractivity contribution in [2.75, 3.05) is 17.6 Å². The van der Waals surface area contributed by atoms with Crippen LogP contribution in [0, 0.1) is 18.3 Å². The number of aliphatic hydroxyl groups is 1. The number of nitrogens with zero attached hydrogens (tertiary/aromatic N) is 2. The van der Waals surface area contributed by atoms with Crippen molar-refractivity contribution < 1.29 is 5.11 Å². The Labute approximate surface area is 212 Å². The van der Waals surface area contributed by atoms with Crippen LogP contribution in [0.25, 0.3) is 22.4 Å². The first-order chi connectivity index (χ1) is 16.5. The predicted octanol–water partition coefficient (Wildman–Crippen LogP) is 6.92. The second-order valence-electron chi connectivity index (χ2n) is 7.93. The normalized spacial score (nSPS) is 11.6. The number of aliphatic hydroxyl groups excluding tert-OH is 1. The molecule has 170 valence electrons. The predicted molar refractivity (Wildman–Crippen MR) is 144 cm³/mol. The van der Waals surface area contributed by atoms with Crippen molar-refractivity contribution >= 4 is 33.4 Å². The Bertz CT molecular complexity index is 1290. The van der Waals surface area contributed by atoms with E-state index in [2.05, 4.69) is 27.3 Å². The zero-order chi connectivity index (χ0) is 23.9. The number of nitriles is 1. The third-order valence-corrected chi connectivity index (χ3v) is 6.98. The third kappa shape index (κ3) is 6.06. The maximum absolute atomic E-state index is 10.6. The summed E-state index contributed by atoms with van der Waals surface area (Å²) >= 11 is 4.89. The topological polar surface area (TPSA) is 68.9 Å². The maximum atomic E-state index is 10.6. The Morgan fingerprint density at radius 1 is 1.00 bits per heavy atom. The fraction of sp³-hybridized carbons (Fsp3) is 0.143. The highest BCUT2D eigenvalue weighted by atomic mass is 79.9. The maximum Gasteiger partial charge on any atom is 0.115 e. The number of benzene rings is 3. The van der Waals surface area contributed by atoms with E-state index in [-0.39, 0.29) is 0 Å². The van der Waals surface area contributed by atoms with Gasteiger partial charge in [0.25, 0.3) is 0 Å². The molecule has 1 aromatic heterocycles. The average molecular weight is 530 g/mol. The highest BCUT2D eigenvalue weighted by molar-refractivity contribution is 9.10. The smallest absolute Gasteiger partial charge is 0.115 e. The first-order valence-corrected chi connectivity index (χ1v) is 12.7. The van der Waals surface area contributed by atoms with E-state index in [9.17, 15) is 10.4 Å². The molecule has 1 atom stereocenters. The third-order valence-electron chi connectivity index (χ3n) is 5.33. The molecular weight excluding hydrogens is 506 g/mol. The second kappa shape index (κ2) is 11.3. The van der Waals surface area contributed by atoms with E-state index < -0.39 is 6.10 Å². The Morgan fingerprint density at radius 3 is 2.38 bits per heavy atom. The van der Waals surface area contributed by atoms with Crippen LogP contribution in [0.4, 0.5) is 5.69 Å². The number of rotatable bonds is 8. The molecule has 0 bridgehead atoms. The highest BCUT2D eigenvalue weighted by Gasteiger charge is 2.17. The standard InChI is InChI=1S/C28H24BrN3OS/c1-19-7-13-23(14-8-19)31-17-24(33)18-34-28-26(16-30)25(20-5-3-2-4-6-20)15-27(32-28)21-9-11-22(29)12-10-21/h2-15,24,31,33H,17-18H2,1H3. The molecule has 6 heteroatoms. The Hall–Kier alpha value is -3.11. The average Bonchev–Trinajstić information content (AvgIpc) is 2.87. The van der Waals surface area contributed by atoms with Crippen molar-refractivity contribution in [3.8, 4) is 28.5 Å². The molecule has 4 rings (SSSR count). The zero-order valence-electron chi connectivity index (χ0n) is 18.7. The molecule has 2 N–H and O–H groups in total. The first-order valence-electron chi connectivity index (χ1n) is 10.9. The lowest BCUT2D eigenvalue weighted by Gasteiger charge is -2.15. The van der Waals surface area contributed by atoms with Crippen molar-refractivity contribution in [1.29, 1.82) is 5.26 Å². The van der Waals surface area contributed by atoms with Crippen molar-refractivity contribution in [2.24, 2.45) is 0 Å². The molecule has 0 fully saturated rings. The SMILES string of the molecule is Cc1ccc(NCC(O)CSc2nc(-c3ccc(Br)cc3)cc(-c3ccccc3)c2C#N)cc1. The fourth-order valence-corrected chi connectivity index (χ4v) is 4.68. The Kier molecular flexibility index (Phi) is 8.02. The minimum absolute atomic E-state index is 0.413. The van der Waals surface area contributed by atoms with Crippen LogP contribution in [-0.2, 0) is 0 Å². The second-order valence-corrected chi connectivity index (χ2v) is 9.86. The van der Waals surface area contributed by atoms with Crippen molar-refractivity contribution in [3.63, 3.8) is 0 Å². The minimum Gasteiger partial charge on any atom is -0.390 e. The number of thioether (sulfide) groups is 1. The summed E-state index contributed by atoms with van der Waals surface area (Å²) < 4.78 is 0.993. The van der Waals surface area contributed by atoms with Crippen LogP contribution < -0.4 is 5.32 Å². The molecule has 34 heavy (non-hydrogen) atoms. The van der Waals surface area contributed by atoms with Crippen LogP contribution in [0.1, 0.15) is 11.1 Å². The summed E-state index contributed by atoms with van der Waals surface area (Å²) in [6.45, 7) is 2.46. The molecule has 4 aromatic rings. The van der Waals surface area contributed by atoms with Gasteiger partial charge in [-0.3, -0.25) is 0 Å². The lowest BCUT2D eigenvalue weighted by Crippen LogP contribution is -2.22. The summed E-state index contributed by atoms with van der Waals surface area (Å²) in [5.74, 6) is 0.415. The van der Waals surface area contributed by atoms with Crippen LogP contribution in [0.15, 0.2) is 94.4 Å². The molecule has 0 amide bonds. The molecule has 0 spiro atoms. The lowest BCUT2D eigenvalue weighted by atomic mass is 9.99. The van der Waals surface area contributed by atoms with Crippen LogP contribution in [0.3, 0.4) is 0 Å². The van der Waals surface area contributed by atoms with Gasteiger partial charge in [-0.2, -0.15) is 5.26 Å². The Morgan fingerprint density at radius 2 is 1.71 bits per heavy atom. The summed E-state index contributed by atoms with van der Waals surface area (Å²) in [5, 5.41) is 24.5. The number of aromatic nitrogens is 1. The molecular formula is C28H24BrN3OS. The number of halogens is 1. The zero-order valence-corrected chi connectivity index (χ0v) is 21.1. The summed E-state index contributed by atoms with van der Waals surface area (Å²) in [7, 11) is 0. The van der Waals surface area contributed by atoms with Crippen LogP contribution in [0.5, 0.6) is 0 Å². The van der Waals surface area contributed by atoms with Gasteiger partial charge in [0, 0.05) is 33.6 Å². The van der Waals surface area contributed by atoms with Crippen LogP contribution in [-0.4, -0.2) is 28.5 Å². The van der Waals surface area contributed by atoms with E-state index in [4.69, 9.17) is 4.98 Å². The molecule has 1 unspecified atom stereocenters. The minimum atomic E-state index is -0.601. The molecule has 0 radical (unpaired) electrons. The molecule has 0 aliphatic rings. The van der Waals surface area contributed by atoms with Crippen molar-refractivity contribution in [3.05, 3.63) is 101 Å². The van der Waals surface area contributed by atoms with E-state index in [1.165, 1.54) is 17.3 Å². The van der Waals surface area contributed by atoms with E-state index in [0.29, 0.717) is 22.9 Å². The molecule has 0 aliphatic heterocycles. The molecule has 3 aromatic carbocycles. The van der Waals surface area contributed by atoms with Gasteiger partial charge < -0.3 is 10.4 Å². The summed E-state index contributed by atoms with van der Waals surface area (Å²) in [4.78, 5) is 4.82. The van der Waals surface area contributed by atoms with Gasteiger partial charge in [-0.1, -0.05) is 76.1 Å². The van der Waals surface area contributed by atoms with E-state index in [0.717, 1.165) is 32.5 Å². The van der Waals surface area contributed by atoms with Gasteiger partial charge in [0.15, 0.2) is 0 Å². The Balaban J connectivity index is 1.59. The lowest BCUT2D eigenvalue weighted by molar-refractivity contribution is 0.213. The van der Waals surface area contributed by atoms with Crippen molar-refractivity contribution in [2.45, 2.75) is 18.1 Å². The molecule has 0 aliphatic carbocycles. The van der Waals surface area contributed by atoms with Gasteiger partial charge in [0.1, 0.15) is 11.1 Å². The van der Waals surface area contributed by atoms with Gasteiger partial charge in [-0.05, 0) is 42.8 Å². The quantitative estimate of drug-likeness (QED) is 0.242. The van der Waals surface area contributed by atoms with Crippen molar-refractivity contribution in [1.82, 2.24) is 4.98 Å². The van der Waals surface area contributed by atoms with Gasteiger partial charge in [-0.25, -0.2) is 4.98 Å². The van der Waals surface area contributed by atoms with Gasteiger partial charge in [0.05, 0.1) is 17.4 Å². The number of anilines is 1. The highest BCUT2D eigenvalue weighted by Crippen LogP contribution is 2.34. The summed E-state index contributed by atoms with van der Waals surface area (Å²) in [6, 6.07) is 30.2.